The molecule has 130 valence electrons. The third-order valence-electron chi connectivity index (χ3n) is 5.25. The molecule has 0 spiro atoms. The normalized spacial score (nSPS) is 20.7. The zero-order chi connectivity index (χ0) is 17.7. The van der Waals surface area contributed by atoms with Crippen LogP contribution < -0.4 is 10.1 Å². The second kappa shape index (κ2) is 5.73. The van der Waals surface area contributed by atoms with E-state index < -0.39 is 0 Å². The number of fused-ring (bicyclic) bond motifs is 2. The summed E-state index contributed by atoms with van der Waals surface area (Å²) in [5.74, 6) is 1.98. The van der Waals surface area contributed by atoms with Crippen molar-refractivity contribution in [2.75, 3.05) is 0 Å². The maximum absolute atomic E-state index is 12.9. The van der Waals surface area contributed by atoms with E-state index in [1.54, 1.807) is 4.68 Å². The van der Waals surface area contributed by atoms with E-state index in [9.17, 15) is 4.79 Å². The molecule has 5 heteroatoms. The van der Waals surface area contributed by atoms with Crippen LogP contribution in [-0.4, -0.2) is 15.7 Å². The van der Waals surface area contributed by atoms with E-state index in [1.165, 1.54) is 0 Å². The summed E-state index contributed by atoms with van der Waals surface area (Å²) in [5.41, 5.74) is 3.14. The number of nitrogens with one attached hydrogen (secondary N) is 1. The molecule has 26 heavy (non-hydrogen) atoms. The molecule has 2 aliphatic rings. The molecule has 2 atom stereocenters. The molecule has 5 nitrogen and oxygen atoms in total. The lowest BCUT2D eigenvalue weighted by Gasteiger charge is -2.28. The van der Waals surface area contributed by atoms with E-state index in [-0.39, 0.29) is 23.8 Å². The van der Waals surface area contributed by atoms with Crippen LogP contribution in [0.4, 0.5) is 0 Å². The molecule has 1 amide bonds. The van der Waals surface area contributed by atoms with Gasteiger partial charge in [-0.1, -0.05) is 36.4 Å². The third-order valence-corrected chi connectivity index (χ3v) is 5.25. The molecule has 3 aromatic rings. The van der Waals surface area contributed by atoms with E-state index in [0.717, 1.165) is 34.6 Å². The zero-order valence-electron chi connectivity index (χ0n) is 14.4. The van der Waals surface area contributed by atoms with Crippen LogP contribution in [0.1, 0.15) is 35.1 Å². The van der Waals surface area contributed by atoms with Crippen molar-refractivity contribution in [3.63, 3.8) is 0 Å². The summed E-state index contributed by atoms with van der Waals surface area (Å²) >= 11 is 0. The number of hydrogen-bond acceptors (Lipinski definition) is 3. The van der Waals surface area contributed by atoms with Gasteiger partial charge in [-0.15, -0.1) is 0 Å². The average molecular weight is 345 g/mol. The standard InChI is InChI=1S/C21H19N3O2/c1-24-12-13(11-22-24)16-10-17(16)21(25)23-20-14-6-2-4-8-18(14)26-19-9-5-3-7-15(19)20/h2-9,11-12,16-17,20H,10H2,1H3,(H,23,25)/t16-,17+/m0/s1. The fourth-order valence-corrected chi connectivity index (χ4v) is 3.80. The predicted molar refractivity (Wildman–Crippen MR) is 97.0 cm³/mol. The summed E-state index contributed by atoms with van der Waals surface area (Å²) in [6.45, 7) is 0. The molecule has 1 aliphatic carbocycles. The zero-order valence-corrected chi connectivity index (χ0v) is 14.4. The number of aryl methyl sites for hydroxylation is 1. The van der Waals surface area contributed by atoms with Crippen molar-refractivity contribution in [2.45, 2.75) is 18.4 Å². The molecule has 2 aromatic carbocycles. The van der Waals surface area contributed by atoms with Crippen LogP contribution in [-0.2, 0) is 11.8 Å². The first kappa shape index (κ1) is 15.2. The second-order valence-corrected chi connectivity index (χ2v) is 7.02. The fraction of sp³-hybridized carbons (Fsp3) is 0.238. The molecule has 1 N–H and O–H groups in total. The summed E-state index contributed by atoms with van der Waals surface area (Å²) < 4.78 is 7.78. The lowest BCUT2D eigenvalue weighted by atomic mass is 9.94. The van der Waals surface area contributed by atoms with E-state index in [0.29, 0.717) is 0 Å². The monoisotopic (exact) mass is 345 g/mol. The number of para-hydroxylation sites is 2. The van der Waals surface area contributed by atoms with Crippen LogP contribution in [0.5, 0.6) is 11.5 Å². The van der Waals surface area contributed by atoms with Crippen LogP contribution in [0.15, 0.2) is 60.9 Å². The molecule has 0 bridgehead atoms. The topological polar surface area (TPSA) is 56.2 Å². The first-order chi connectivity index (χ1) is 12.7. The molecular weight excluding hydrogens is 326 g/mol. The first-order valence-electron chi connectivity index (χ1n) is 8.85. The Labute approximate surface area is 151 Å². The first-order valence-corrected chi connectivity index (χ1v) is 8.85. The molecule has 1 saturated carbocycles. The van der Waals surface area contributed by atoms with Gasteiger partial charge < -0.3 is 10.1 Å². The van der Waals surface area contributed by atoms with Gasteiger partial charge in [-0.05, 0) is 30.0 Å². The number of ether oxygens (including phenoxy) is 1. The van der Waals surface area contributed by atoms with Crippen LogP contribution in [0.25, 0.3) is 0 Å². The maximum atomic E-state index is 12.9. The highest BCUT2D eigenvalue weighted by molar-refractivity contribution is 5.84. The van der Waals surface area contributed by atoms with Crippen molar-refractivity contribution < 1.29 is 9.53 Å². The van der Waals surface area contributed by atoms with Crippen molar-refractivity contribution in [3.8, 4) is 11.5 Å². The van der Waals surface area contributed by atoms with Crippen LogP contribution in [0.2, 0.25) is 0 Å². The number of rotatable bonds is 3. The van der Waals surface area contributed by atoms with E-state index in [1.807, 2.05) is 68.0 Å². The third kappa shape index (κ3) is 2.47. The Bertz CT molecular complexity index is 949. The van der Waals surface area contributed by atoms with Gasteiger partial charge in [-0.2, -0.15) is 5.10 Å². The van der Waals surface area contributed by atoms with Crippen molar-refractivity contribution in [2.24, 2.45) is 13.0 Å². The van der Waals surface area contributed by atoms with Gasteiger partial charge in [0, 0.05) is 30.3 Å². The Morgan fingerprint density at radius 2 is 1.77 bits per heavy atom. The van der Waals surface area contributed by atoms with Crippen LogP contribution >= 0.6 is 0 Å². The minimum Gasteiger partial charge on any atom is -0.457 e. The van der Waals surface area contributed by atoms with Crippen LogP contribution in [0, 0.1) is 5.92 Å². The molecule has 1 aromatic heterocycles. The second-order valence-electron chi connectivity index (χ2n) is 7.02. The van der Waals surface area contributed by atoms with Crippen molar-refractivity contribution in [3.05, 3.63) is 77.6 Å². The van der Waals surface area contributed by atoms with Crippen LogP contribution in [0.3, 0.4) is 0 Å². The van der Waals surface area contributed by atoms with Gasteiger partial charge in [0.15, 0.2) is 0 Å². The summed E-state index contributed by atoms with van der Waals surface area (Å²) in [5, 5.41) is 7.47. The highest BCUT2D eigenvalue weighted by atomic mass is 16.5. The van der Waals surface area contributed by atoms with Gasteiger partial charge in [0.25, 0.3) is 0 Å². The highest BCUT2D eigenvalue weighted by Crippen LogP contribution is 2.49. The predicted octanol–water partition coefficient (Wildman–Crippen LogP) is 3.54. The maximum Gasteiger partial charge on any atom is 0.224 e. The number of hydrogen-bond donors (Lipinski definition) is 1. The van der Waals surface area contributed by atoms with Gasteiger partial charge in [0.1, 0.15) is 11.5 Å². The molecule has 1 aliphatic heterocycles. The highest BCUT2D eigenvalue weighted by Gasteiger charge is 2.45. The Morgan fingerprint density at radius 3 is 2.38 bits per heavy atom. The van der Waals surface area contributed by atoms with Gasteiger partial charge >= 0.3 is 0 Å². The largest absolute Gasteiger partial charge is 0.457 e. The van der Waals surface area contributed by atoms with Gasteiger partial charge in [-0.25, -0.2) is 0 Å². The van der Waals surface area contributed by atoms with Gasteiger partial charge in [0.2, 0.25) is 5.91 Å². The van der Waals surface area contributed by atoms with E-state index in [4.69, 9.17) is 4.74 Å². The summed E-state index contributed by atoms with van der Waals surface area (Å²) in [4.78, 5) is 12.9. The Kier molecular flexibility index (Phi) is 3.35. The SMILES string of the molecule is Cn1cc([C@@H]2C[C@H]2C(=O)NC2c3ccccc3Oc3ccccc32)cn1. The Hall–Kier alpha value is -3.08. The van der Waals surface area contributed by atoms with Crippen molar-refractivity contribution in [1.82, 2.24) is 15.1 Å². The Balaban J connectivity index is 1.41. The van der Waals surface area contributed by atoms with Crippen molar-refractivity contribution in [1.29, 1.82) is 0 Å². The molecule has 1 fully saturated rings. The number of carbonyl (C=O) groups is 1. The minimum atomic E-state index is -0.182. The molecule has 5 rings (SSSR count). The quantitative estimate of drug-likeness (QED) is 0.790. The van der Waals surface area contributed by atoms with Gasteiger partial charge in [0.05, 0.1) is 12.2 Å². The van der Waals surface area contributed by atoms with Gasteiger partial charge in [-0.3, -0.25) is 9.48 Å². The molecule has 0 saturated heterocycles. The lowest BCUT2D eigenvalue weighted by Crippen LogP contribution is -2.32. The summed E-state index contributed by atoms with van der Waals surface area (Å²) in [7, 11) is 1.90. The number of aromatic nitrogens is 2. The molecular formula is C21H19N3O2. The minimum absolute atomic E-state index is 0.0152. The number of nitrogens with zero attached hydrogens (tertiary/aromatic N) is 2. The number of carbonyl (C=O) groups excluding carboxylic acids is 1. The Morgan fingerprint density at radius 1 is 1.12 bits per heavy atom. The average Bonchev–Trinajstić information content (AvgIpc) is 3.35. The van der Waals surface area contributed by atoms with E-state index >= 15 is 0 Å². The molecule has 0 radical (unpaired) electrons. The molecule has 0 unspecified atom stereocenters. The summed E-state index contributed by atoms with van der Waals surface area (Å²) in [6, 6.07) is 15.6. The smallest absolute Gasteiger partial charge is 0.224 e. The lowest BCUT2D eigenvalue weighted by molar-refractivity contribution is -0.122. The van der Waals surface area contributed by atoms with E-state index in [2.05, 4.69) is 10.4 Å². The number of amides is 1. The summed E-state index contributed by atoms with van der Waals surface area (Å²) in [6.07, 6.45) is 4.73. The fourth-order valence-electron chi connectivity index (χ4n) is 3.80. The molecule has 2 heterocycles. The van der Waals surface area contributed by atoms with Crippen molar-refractivity contribution >= 4 is 5.91 Å². The number of benzene rings is 2.